The van der Waals surface area contributed by atoms with E-state index in [4.69, 9.17) is 0 Å². The van der Waals surface area contributed by atoms with Crippen molar-refractivity contribution in [3.8, 4) is 0 Å². The molecule has 0 aromatic heterocycles. The molecule has 92 valence electrons. The number of amides is 1. The summed E-state index contributed by atoms with van der Waals surface area (Å²) in [5.74, 6) is 1.13. The number of halogens is 1. The fourth-order valence-electron chi connectivity index (χ4n) is 2.08. The Kier molecular flexibility index (Phi) is 4.12. The van der Waals surface area contributed by atoms with Crippen molar-refractivity contribution >= 4 is 40.2 Å². The standard InChI is InChI=1S/C12H14BrNO2S/c13-10-1-2-11(9(4-10)6-15)14-5-8(7-17)3-12(14)16/h1-2,4,8,15,17H,3,5-7H2. The van der Waals surface area contributed by atoms with Crippen LogP contribution in [-0.2, 0) is 11.4 Å². The second-order valence-corrected chi connectivity index (χ2v) is 5.47. The summed E-state index contributed by atoms with van der Waals surface area (Å²) in [4.78, 5) is 13.6. The quantitative estimate of drug-likeness (QED) is 0.840. The van der Waals surface area contributed by atoms with Crippen LogP contribution >= 0.6 is 28.6 Å². The molecule has 1 amide bonds. The Morgan fingerprint density at radius 2 is 2.29 bits per heavy atom. The molecule has 0 saturated carbocycles. The van der Waals surface area contributed by atoms with Crippen LogP contribution in [0.2, 0.25) is 0 Å². The van der Waals surface area contributed by atoms with Gasteiger partial charge in [-0.05, 0) is 29.9 Å². The van der Waals surface area contributed by atoms with E-state index in [1.807, 2.05) is 18.2 Å². The summed E-state index contributed by atoms with van der Waals surface area (Å²) in [7, 11) is 0. The van der Waals surface area contributed by atoms with E-state index in [0.717, 1.165) is 15.7 Å². The number of hydrogen-bond donors (Lipinski definition) is 2. The van der Waals surface area contributed by atoms with Gasteiger partial charge in [0.1, 0.15) is 0 Å². The van der Waals surface area contributed by atoms with Gasteiger partial charge in [0.05, 0.1) is 6.61 Å². The number of nitrogens with zero attached hydrogens (tertiary/aromatic N) is 1. The maximum absolute atomic E-state index is 11.9. The molecule has 1 saturated heterocycles. The van der Waals surface area contributed by atoms with E-state index < -0.39 is 0 Å². The number of anilines is 1. The summed E-state index contributed by atoms with van der Waals surface area (Å²) < 4.78 is 0.905. The first kappa shape index (κ1) is 12.9. The number of benzene rings is 1. The van der Waals surface area contributed by atoms with Gasteiger partial charge in [-0.25, -0.2) is 0 Å². The van der Waals surface area contributed by atoms with E-state index in [1.54, 1.807) is 4.90 Å². The van der Waals surface area contributed by atoms with Crippen molar-refractivity contribution in [1.29, 1.82) is 0 Å². The molecule has 1 aliphatic rings. The fourth-order valence-corrected chi connectivity index (χ4v) is 2.73. The van der Waals surface area contributed by atoms with Crippen molar-refractivity contribution < 1.29 is 9.90 Å². The van der Waals surface area contributed by atoms with Gasteiger partial charge in [-0.2, -0.15) is 12.6 Å². The predicted octanol–water partition coefficient (Wildman–Crippen LogP) is 2.22. The van der Waals surface area contributed by atoms with Crippen LogP contribution in [0.25, 0.3) is 0 Å². The van der Waals surface area contributed by atoms with Crippen LogP contribution in [0.3, 0.4) is 0 Å². The maximum Gasteiger partial charge on any atom is 0.227 e. The second kappa shape index (κ2) is 5.42. The third-order valence-electron chi connectivity index (χ3n) is 2.97. The van der Waals surface area contributed by atoms with Gasteiger partial charge in [-0.3, -0.25) is 4.79 Å². The van der Waals surface area contributed by atoms with E-state index >= 15 is 0 Å². The molecule has 2 rings (SSSR count). The van der Waals surface area contributed by atoms with Crippen LogP contribution in [0.1, 0.15) is 12.0 Å². The SMILES string of the molecule is O=C1CC(CS)CN1c1ccc(Br)cc1CO. The first-order valence-corrected chi connectivity index (χ1v) is 6.88. The van der Waals surface area contributed by atoms with E-state index in [-0.39, 0.29) is 12.5 Å². The van der Waals surface area contributed by atoms with Crippen molar-refractivity contribution in [1.82, 2.24) is 0 Å². The molecule has 1 fully saturated rings. The molecule has 17 heavy (non-hydrogen) atoms. The van der Waals surface area contributed by atoms with Gasteiger partial charge in [0.15, 0.2) is 0 Å². The number of thiol groups is 1. The zero-order valence-corrected chi connectivity index (χ0v) is 11.7. The summed E-state index contributed by atoms with van der Waals surface area (Å²) in [6.45, 7) is 0.626. The molecule has 1 heterocycles. The maximum atomic E-state index is 11.9. The number of hydrogen-bond acceptors (Lipinski definition) is 3. The van der Waals surface area contributed by atoms with Crippen molar-refractivity contribution in [3.05, 3.63) is 28.2 Å². The Balaban J connectivity index is 2.31. The summed E-state index contributed by atoms with van der Waals surface area (Å²) >= 11 is 7.60. The molecule has 1 aliphatic heterocycles. The highest BCUT2D eigenvalue weighted by Crippen LogP contribution is 2.30. The highest BCUT2D eigenvalue weighted by molar-refractivity contribution is 9.10. The van der Waals surface area contributed by atoms with Crippen LogP contribution in [0.5, 0.6) is 0 Å². The number of aliphatic hydroxyl groups excluding tert-OH is 1. The van der Waals surface area contributed by atoms with Gasteiger partial charge in [0, 0.05) is 28.7 Å². The molecule has 3 nitrogen and oxygen atoms in total. The molecule has 5 heteroatoms. The van der Waals surface area contributed by atoms with Gasteiger partial charge < -0.3 is 10.0 Å². The summed E-state index contributed by atoms with van der Waals surface area (Å²) in [6.07, 6.45) is 0.546. The van der Waals surface area contributed by atoms with Crippen LogP contribution in [0.15, 0.2) is 22.7 Å². The Morgan fingerprint density at radius 1 is 1.53 bits per heavy atom. The van der Waals surface area contributed by atoms with Gasteiger partial charge in [-0.1, -0.05) is 15.9 Å². The Bertz CT molecular complexity index is 439. The average Bonchev–Trinajstić information content (AvgIpc) is 2.70. The van der Waals surface area contributed by atoms with Crippen molar-refractivity contribution in [3.63, 3.8) is 0 Å². The van der Waals surface area contributed by atoms with E-state index in [9.17, 15) is 9.90 Å². The van der Waals surface area contributed by atoms with Crippen LogP contribution in [0, 0.1) is 5.92 Å². The normalized spacial score (nSPS) is 20.1. The zero-order chi connectivity index (χ0) is 12.4. The number of aliphatic hydroxyl groups is 1. The molecule has 1 atom stereocenters. The number of carbonyl (C=O) groups excluding carboxylic acids is 1. The fraction of sp³-hybridized carbons (Fsp3) is 0.417. The minimum atomic E-state index is -0.0654. The first-order valence-electron chi connectivity index (χ1n) is 5.46. The Labute approximate surface area is 114 Å². The smallest absolute Gasteiger partial charge is 0.227 e. The molecule has 0 aliphatic carbocycles. The monoisotopic (exact) mass is 315 g/mol. The number of rotatable bonds is 3. The average molecular weight is 316 g/mol. The number of carbonyl (C=O) groups is 1. The highest BCUT2D eigenvalue weighted by atomic mass is 79.9. The van der Waals surface area contributed by atoms with Crippen LogP contribution < -0.4 is 4.90 Å². The molecule has 1 unspecified atom stereocenters. The lowest BCUT2D eigenvalue weighted by Crippen LogP contribution is -2.25. The predicted molar refractivity (Wildman–Crippen MR) is 74.4 cm³/mol. The summed E-state index contributed by atoms with van der Waals surface area (Å²) in [5.41, 5.74) is 1.58. The molecule has 1 aromatic carbocycles. The van der Waals surface area contributed by atoms with Crippen LogP contribution in [0.4, 0.5) is 5.69 Å². The molecular weight excluding hydrogens is 302 g/mol. The molecule has 0 spiro atoms. The molecular formula is C12H14BrNO2S. The molecule has 0 radical (unpaired) electrons. The van der Waals surface area contributed by atoms with Gasteiger partial charge >= 0.3 is 0 Å². The van der Waals surface area contributed by atoms with Crippen molar-refractivity contribution in [2.45, 2.75) is 13.0 Å². The topological polar surface area (TPSA) is 40.5 Å². The van der Waals surface area contributed by atoms with Crippen molar-refractivity contribution in [2.24, 2.45) is 5.92 Å². The van der Waals surface area contributed by atoms with E-state index in [1.165, 1.54) is 0 Å². The highest BCUT2D eigenvalue weighted by Gasteiger charge is 2.30. The summed E-state index contributed by atoms with van der Waals surface area (Å²) in [6, 6.07) is 5.60. The molecule has 0 bridgehead atoms. The molecule has 1 aromatic rings. The lowest BCUT2D eigenvalue weighted by Gasteiger charge is -2.19. The second-order valence-electron chi connectivity index (χ2n) is 4.19. The van der Waals surface area contributed by atoms with E-state index in [2.05, 4.69) is 28.6 Å². The third kappa shape index (κ3) is 2.67. The van der Waals surface area contributed by atoms with Crippen molar-refractivity contribution in [2.75, 3.05) is 17.2 Å². The van der Waals surface area contributed by atoms with Gasteiger partial charge in [0.2, 0.25) is 5.91 Å². The van der Waals surface area contributed by atoms with E-state index in [0.29, 0.717) is 24.6 Å². The first-order chi connectivity index (χ1) is 8.15. The minimum Gasteiger partial charge on any atom is -0.392 e. The zero-order valence-electron chi connectivity index (χ0n) is 9.27. The third-order valence-corrected chi connectivity index (χ3v) is 3.98. The minimum absolute atomic E-state index is 0.0654. The Hall–Kier alpha value is -0.520. The van der Waals surface area contributed by atoms with Gasteiger partial charge in [0.25, 0.3) is 0 Å². The Morgan fingerprint density at radius 3 is 2.88 bits per heavy atom. The van der Waals surface area contributed by atoms with Gasteiger partial charge in [-0.15, -0.1) is 0 Å². The summed E-state index contributed by atoms with van der Waals surface area (Å²) in [5, 5.41) is 9.34. The lowest BCUT2D eigenvalue weighted by atomic mass is 10.1. The van der Waals surface area contributed by atoms with Crippen LogP contribution in [-0.4, -0.2) is 23.3 Å². The largest absolute Gasteiger partial charge is 0.392 e. The molecule has 1 N–H and O–H groups in total. The lowest BCUT2D eigenvalue weighted by molar-refractivity contribution is -0.117.